The van der Waals surface area contributed by atoms with E-state index in [1.807, 2.05) is 24.3 Å². The molecular weight excluding hydrogens is 308 g/mol. The van der Waals surface area contributed by atoms with Crippen LogP contribution in [0.3, 0.4) is 0 Å². The van der Waals surface area contributed by atoms with E-state index in [2.05, 4.69) is 24.5 Å². The van der Waals surface area contributed by atoms with Gasteiger partial charge < -0.3 is 15.4 Å². The molecule has 1 atom stereocenters. The normalized spacial score (nSPS) is 11.7. The zero-order valence-corrected chi connectivity index (χ0v) is 14.7. The maximum atomic E-state index is 12.0. The van der Waals surface area contributed by atoms with Gasteiger partial charge in [0.2, 0.25) is 11.8 Å². The quantitative estimate of drug-likeness (QED) is 0.716. The predicted octanol–water partition coefficient (Wildman–Crippen LogP) is 2.60. The van der Waals surface area contributed by atoms with Crippen molar-refractivity contribution in [1.82, 2.24) is 5.32 Å². The van der Waals surface area contributed by atoms with Crippen LogP contribution in [0.1, 0.15) is 52.0 Å². The highest BCUT2D eigenvalue weighted by Crippen LogP contribution is 2.23. The largest absolute Gasteiger partial charge is 0.464 e. The molecule has 0 heterocycles. The highest BCUT2D eigenvalue weighted by atomic mass is 16.5. The minimum Gasteiger partial charge on any atom is -0.464 e. The first-order valence-electron chi connectivity index (χ1n) is 8.19. The van der Waals surface area contributed by atoms with Crippen LogP contribution < -0.4 is 10.6 Å². The Morgan fingerprint density at radius 2 is 1.67 bits per heavy atom. The van der Waals surface area contributed by atoms with Gasteiger partial charge in [-0.25, -0.2) is 4.79 Å². The van der Waals surface area contributed by atoms with Crippen LogP contribution in [0.5, 0.6) is 0 Å². The van der Waals surface area contributed by atoms with Gasteiger partial charge in [0.15, 0.2) is 0 Å². The first kappa shape index (κ1) is 19.7. The van der Waals surface area contributed by atoms with Crippen LogP contribution in [0.15, 0.2) is 24.3 Å². The van der Waals surface area contributed by atoms with Crippen molar-refractivity contribution in [3.63, 3.8) is 0 Å². The Kier molecular flexibility index (Phi) is 7.95. The molecule has 1 aromatic rings. The van der Waals surface area contributed by atoms with E-state index >= 15 is 0 Å². The number of amides is 2. The van der Waals surface area contributed by atoms with E-state index < -0.39 is 12.0 Å². The molecule has 0 aromatic heterocycles. The highest BCUT2D eigenvalue weighted by molar-refractivity contribution is 5.94. The fourth-order valence-electron chi connectivity index (χ4n) is 2.19. The maximum absolute atomic E-state index is 12.0. The maximum Gasteiger partial charge on any atom is 0.328 e. The number of benzene rings is 1. The number of nitrogens with one attached hydrogen (secondary N) is 2. The second kappa shape index (κ2) is 9.70. The molecule has 1 rings (SSSR count). The van der Waals surface area contributed by atoms with Gasteiger partial charge in [0.05, 0.1) is 6.61 Å². The van der Waals surface area contributed by atoms with Gasteiger partial charge in [-0.1, -0.05) is 32.0 Å². The number of carbonyl (C=O) groups excluding carboxylic acids is 3. The minimum atomic E-state index is -0.720. The van der Waals surface area contributed by atoms with E-state index in [1.54, 1.807) is 13.8 Å². The molecule has 0 saturated heterocycles. The van der Waals surface area contributed by atoms with Crippen LogP contribution in [0.25, 0.3) is 0 Å². The topological polar surface area (TPSA) is 84.5 Å². The van der Waals surface area contributed by atoms with Gasteiger partial charge in [0.1, 0.15) is 6.04 Å². The fourth-order valence-corrected chi connectivity index (χ4v) is 2.19. The smallest absolute Gasteiger partial charge is 0.328 e. The van der Waals surface area contributed by atoms with Gasteiger partial charge in [-0.2, -0.15) is 0 Å². The molecule has 0 radical (unpaired) electrons. The van der Waals surface area contributed by atoms with Crippen LogP contribution in [-0.4, -0.2) is 30.4 Å². The van der Waals surface area contributed by atoms with Gasteiger partial charge in [0.25, 0.3) is 0 Å². The zero-order chi connectivity index (χ0) is 18.1. The molecule has 6 nitrogen and oxygen atoms in total. The lowest BCUT2D eigenvalue weighted by Gasteiger charge is -2.14. The molecule has 0 aliphatic heterocycles. The molecule has 2 amide bonds. The van der Waals surface area contributed by atoms with Crippen molar-refractivity contribution in [3.05, 3.63) is 29.8 Å². The lowest BCUT2D eigenvalue weighted by atomic mass is 10.0. The van der Waals surface area contributed by atoms with Gasteiger partial charge in [-0.15, -0.1) is 0 Å². The van der Waals surface area contributed by atoms with E-state index in [0.29, 0.717) is 0 Å². The molecule has 1 aromatic carbocycles. The second-order valence-electron chi connectivity index (χ2n) is 5.83. The summed E-state index contributed by atoms with van der Waals surface area (Å²) in [5.41, 5.74) is 1.81. The number of anilines is 1. The summed E-state index contributed by atoms with van der Waals surface area (Å²) < 4.78 is 4.81. The molecular formula is C18H26N2O4. The number of carbonyl (C=O) groups is 3. The van der Waals surface area contributed by atoms with Gasteiger partial charge in [0, 0.05) is 18.5 Å². The van der Waals surface area contributed by atoms with Gasteiger partial charge >= 0.3 is 5.97 Å². The first-order chi connectivity index (χ1) is 11.3. The van der Waals surface area contributed by atoms with Gasteiger partial charge in [-0.05, 0) is 31.4 Å². The Morgan fingerprint density at radius 3 is 2.29 bits per heavy atom. The van der Waals surface area contributed by atoms with E-state index in [-0.39, 0.29) is 37.2 Å². The molecule has 0 bridgehead atoms. The van der Waals surface area contributed by atoms with Crippen molar-refractivity contribution in [2.75, 3.05) is 11.9 Å². The average Bonchev–Trinajstić information content (AvgIpc) is 2.53. The van der Waals surface area contributed by atoms with Crippen molar-refractivity contribution in [1.29, 1.82) is 0 Å². The Balaban J connectivity index is 2.47. The fraction of sp³-hybridized carbons (Fsp3) is 0.500. The summed E-state index contributed by atoms with van der Waals surface area (Å²) in [6, 6.07) is 6.87. The number of para-hydroxylation sites is 1. The third-order valence-electron chi connectivity index (χ3n) is 3.45. The summed E-state index contributed by atoms with van der Waals surface area (Å²) in [7, 11) is 0. The molecule has 132 valence electrons. The highest BCUT2D eigenvalue weighted by Gasteiger charge is 2.17. The molecule has 2 N–H and O–H groups in total. The predicted molar refractivity (Wildman–Crippen MR) is 92.6 cm³/mol. The Morgan fingerprint density at radius 1 is 1.04 bits per heavy atom. The molecule has 0 aliphatic carbocycles. The van der Waals surface area contributed by atoms with E-state index in [4.69, 9.17) is 4.74 Å². The Hall–Kier alpha value is -2.37. The van der Waals surface area contributed by atoms with E-state index in [9.17, 15) is 14.4 Å². The minimum absolute atomic E-state index is 0.0133. The summed E-state index contributed by atoms with van der Waals surface area (Å²) in [5, 5.41) is 5.35. The Bertz CT molecular complexity index is 584. The monoisotopic (exact) mass is 334 g/mol. The number of ether oxygens (including phenoxy) is 1. The standard InChI is InChI=1S/C18H26N2O4/c1-5-24-18(23)13(4)19-16(21)10-11-17(22)20-15-9-7-6-8-14(15)12(2)3/h6-9,12-13H,5,10-11H2,1-4H3,(H,19,21)(H,20,22). The number of rotatable bonds is 8. The molecule has 0 spiro atoms. The molecule has 0 aliphatic rings. The molecule has 1 unspecified atom stereocenters. The molecule has 24 heavy (non-hydrogen) atoms. The van der Waals surface area contributed by atoms with Crippen molar-refractivity contribution in [3.8, 4) is 0 Å². The van der Waals surface area contributed by atoms with Crippen molar-refractivity contribution >= 4 is 23.5 Å². The summed E-state index contributed by atoms with van der Waals surface area (Å²) in [5.74, 6) is -0.790. The van der Waals surface area contributed by atoms with Crippen LogP contribution in [0, 0.1) is 0 Å². The Labute approximate surface area is 143 Å². The molecule has 6 heteroatoms. The second-order valence-corrected chi connectivity index (χ2v) is 5.83. The van der Waals surface area contributed by atoms with Crippen LogP contribution in [-0.2, 0) is 19.1 Å². The summed E-state index contributed by atoms with van der Waals surface area (Å²) >= 11 is 0. The van der Waals surface area contributed by atoms with Crippen molar-refractivity contribution in [2.45, 2.75) is 52.5 Å². The van der Waals surface area contributed by atoms with Crippen LogP contribution >= 0.6 is 0 Å². The SMILES string of the molecule is CCOC(=O)C(C)NC(=O)CCC(=O)Nc1ccccc1C(C)C. The average molecular weight is 334 g/mol. The summed E-state index contributed by atoms with van der Waals surface area (Å²) in [6.07, 6.45) is 0.0627. The zero-order valence-electron chi connectivity index (χ0n) is 14.7. The third kappa shape index (κ3) is 6.40. The molecule has 0 fully saturated rings. The van der Waals surface area contributed by atoms with Crippen LogP contribution in [0.4, 0.5) is 5.69 Å². The summed E-state index contributed by atoms with van der Waals surface area (Å²) in [4.78, 5) is 35.3. The van der Waals surface area contributed by atoms with E-state index in [0.717, 1.165) is 11.3 Å². The van der Waals surface area contributed by atoms with E-state index in [1.165, 1.54) is 0 Å². The number of hydrogen-bond donors (Lipinski definition) is 2. The van der Waals surface area contributed by atoms with Crippen LogP contribution in [0.2, 0.25) is 0 Å². The summed E-state index contributed by atoms with van der Waals surface area (Å²) in [6.45, 7) is 7.61. The molecule has 0 saturated carbocycles. The first-order valence-corrected chi connectivity index (χ1v) is 8.19. The number of esters is 1. The third-order valence-corrected chi connectivity index (χ3v) is 3.45. The van der Waals surface area contributed by atoms with Gasteiger partial charge in [-0.3, -0.25) is 9.59 Å². The van der Waals surface area contributed by atoms with Crippen molar-refractivity contribution in [2.24, 2.45) is 0 Å². The number of hydrogen-bond acceptors (Lipinski definition) is 4. The lowest BCUT2D eigenvalue weighted by Crippen LogP contribution is -2.39. The van der Waals surface area contributed by atoms with Crippen molar-refractivity contribution < 1.29 is 19.1 Å². The lowest BCUT2D eigenvalue weighted by molar-refractivity contribution is -0.146.